The number of carboxylic acid groups (broad SMARTS) is 1. The second-order valence-electron chi connectivity index (χ2n) is 7.93. The van der Waals surface area contributed by atoms with Crippen LogP contribution in [0.5, 0.6) is 0 Å². The van der Waals surface area contributed by atoms with Crippen molar-refractivity contribution in [3.63, 3.8) is 0 Å². The summed E-state index contributed by atoms with van der Waals surface area (Å²) in [4.78, 5) is 38.1. The Labute approximate surface area is 164 Å². The summed E-state index contributed by atoms with van der Waals surface area (Å²) in [6.07, 6.45) is 7.55. The lowest BCUT2D eigenvalue weighted by atomic mass is 10.1. The zero-order valence-corrected chi connectivity index (χ0v) is 16.3. The van der Waals surface area contributed by atoms with Gasteiger partial charge in [-0.3, -0.25) is 4.79 Å². The van der Waals surface area contributed by atoms with Crippen LogP contribution in [0.15, 0.2) is 6.20 Å². The van der Waals surface area contributed by atoms with E-state index in [-0.39, 0.29) is 11.9 Å². The minimum absolute atomic E-state index is 0.0899. The topological polar surface area (TPSA) is 102 Å². The molecule has 0 atom stereocenters. The number of carbonyl (C=O) groups is 2. The average molecular weight is 388 g/mol. The van der Waals surface area contributed by atoms with Crippen LogP contribution in [0.4, 0.5) is 22.2 Å². The minimum atomic E-state index is -0.861. The van der Waals surface area contributed by atoms with E-state index in [2.05, 4.69) is 15.2 Å². The van der Waals surface area contributed by atoms with Gasteiger partial charge in [0.1, 0.15) is 5.69 Å². The third-order valence-corrected chi connectivity index (χ3v) is 6.19. The highest BCUT2D eigenvalue weighted by atomic mass is 16.4. The maximum Gasteiger partial charge on any atom is 0.407 e. The molecule has 0 aromatic carbocycles. The molecule has 9 nitrogen and oxygen atoms in total. The second-order valence-corrected chi connectivity index (χ2v) is 7.93. The lowest BCUT2D eigenvalue weighted by molar-refractivity contribution is -0.118. The Morgan fingerprint density at radius 2 is 1.89 bits per heavy atom. The van der Waals surface area contributed by atoms with Gasteiger partial charge in [0.2, 0.25) is 11.9 Å². The fourth-order valence-electron chi connectivity index (χ4n) is 4.48. The van der Waals surface area contributed by atoms with E-state index in [0.717, 1.165) is 37.2 Å². The first-order chi connectivity index (χ1) is 13.5. The number of hydrogen-bond donors (Lipinski definition) is 2. The third kappa shape index (κ3) is 3.70. The molecule has 3 heterocycles. The highest BCUT2D eigenvalue weighted by Crippen LogP contribution is 2.36. The molecule has 1 aromatic heterocycles. The van der Waals surface area contributed by atoms with Crippen molar-refractivity contribution in [2.75, 3.05) is 41.8 Å². The molecule has 0 radical (unpaired) electrons. The minimum Gasteiger partial charge on any atom is -0.465 e. The molecule has 2 fully saturated rings. The average Bonchev–Trinajstić information content (AvgIpc) is 3.19. The largest absolute Gasteiger partial charge is 0.465 e. The van der Waals surface area contributed by atoms with Crippen LogP contribution in [0.25, 0.3) is 0 Å². The smallest absolute Gasteiger partial charge is 0.407 e. The van der Waals surface area contributed by atoms with E-state index in [1.165, 1.54) is 17.7 Å². The molecule has 2 aliphatic heterocycles. The van der Waals surface area contributed by atoms with Gasteiger partial charge in [-0.2, -0.15) is 4.98 Å². The maximum atomic E-state index is 12.4. The molecule has 1 saturated heterocycles. The molecule has 3 aliphatic rings. The van der Waals surface area contributed by atoms with Gasteiger partial charge in [0, 0.05) is 45.2 Å². The quantitative estimate of drug-likeness (QED) is 0.818. The normalized spacial score (nSPS) is 21.6. The number of nitrogens with one attached hydrogen (secondary N) is 1. The zero-order valence-electron chi connectivity index (χ0n) is 16.3. The van der Waals surface area contributed by atoms with Gasteiger partial charge in [-0.15, -0.1) is 0 Å². The van der Waals surface area contributed by atoms with Gasteiger partial charge in [-0.05, 0) is 25.7 Å². The summed E-state index contributed by atoms with van der Waals surface area (Å²) >= 11 is 0. The SMILES string of the molecule is CN1C(=O)CCN(C2CCCC2)c2nc(NC3CCN(C(=O)O)CC3)ncc21. The molecular weight excluding hydrogens is 360 g/mol. The summed E-state index contributed by atoms with van der Waals surface area (Å²) in [7, 11) is 1.79. The Balaban J connectivity index is 1.54. The number of carbonyl (C=O) groups excluding carboxylic acids is 1. The molecule has 0 spiro atoms. The van der Waals surface area contributed by atoms with Crippen LogP contribution in [0.1, 0.15) is 44.9 Å². The van der Waals surface area contributed by atoms with Crippen molar-refractivity contribution in [2.24, 2.45) is 0 Å². The predicted molar refractivity (Wildman–Crippen MR) is 106 cm³/mol. The number of piperidine rings is 1. The van der Waals surface area contributed by atoms with Crippen molar-refractivity contribution in [3.8, 4) is 0 Å². The van der Waals surface area contributed by atoms with Crippen molar-refractivity contribution in [1.29, 1.82) is 0 Å². The predicted octanol–water partition coefficient (Wildman–Crippen LogP) is 2.15. The number of anilines is 3. The first-order valence-corrected chi connectivity index (χ1v) is 10.2. The molecule has 1 aromatic rings. The molecule has 28 heavy (non-hydrogen) atoms. The maximum absolute atomic E-state index is 12.4. The van der Waals surface area contributed by atoms with Crippen LogP contribution >= 0.6 is 0 Å². The lowest BCUT2D eigenvalue weighted by Crippen LogP contribution is -2.42. The van der Waals surface area contributed by atoms with Gasteiger partial charge in [0.05, 0.1) is 6.20 Å². The molecule has 9 heteroatoms. The van der Waals surface area contributed by atoms with E-state index < -0.39 is 6.09 Å². The van der Waals surface area contributed by atoms with Crippen molar-refractivity contribution >= 4 is 29.5 Å². The molecule has 152 valence electrons. The van der Waals surface area contributed by atoms with Gasteiger partial charge >= 0.3 is 6.09 Å². The van der Waals surface area contributed by atoms with Gasteiger partial charge < -0.3 is 25.1 Å². The second kappa shape index (κ2) is 7.81. The number of likely N-dealkylation sites (tertiary alicyclic amines) is 1. The van der Waals surface area contributed by atoms with Crippen molar-refractivity contribution < 1.29 is 14.7 Å². The Kier molecular flexibility index (Phi) is 5.23. The van der Waals surface area contributed by atoms with E-state index >= 15 is 0 Å². The summed E-state index contributed by atoms with van der Waals surface area (Å²) in [6, 6.07) is 0.582. The molecule has 4 rings (SSSR count). The van der Waals surface area contributed by atoms with Crippen LogP contribution < -0.4 is 15.1 Å². The molecule has 1 saturated carbocycles. The highest BCUT2D eigenvalue weighted by Gasteiger charge is 2.32. The number of fused-ring (bicyclic) bond motifs is 1. The van der Waals surface area contributed by atoms with Gasteiger partial charge in [-0.25, -0.2) is 9.78 Å². The van der Waals surface area contributed by atoms with E-state index in [4.69, 9.17) is 10.1 Å². The summed E-state index contributed by atoms with van der Waals surface area (Å²) in [5.74, 6) is 1.48. The van der Waals surface area contributed by atoms with Crippen LogP contribution in [0.3, 0.4) is 0 Å². The zero-order chi connectivity index (χ0) is 19.7. The molecular formula is C19H28N6O3. The molecule has 0 bridgehead atoms. The Hall–Kier alpha value is -2.58. The van der Waals surface area contributed by atoms with Gasteiger partial charge in [-0.1, -0.05) is 12.8 Å². The van der Waals surface area contributed by atoms with E-state index in [9.17, 15) is 9.59 Å². The fraction of sp³-hybridized carbons (Fsp3) is 0.684. The number of nitrogens with zero attached hydrogens (tertiary/aromatic N) is 5. The summed E-state index contributed by atoms with van der Waals surface area (Å²) in [6.45, 7) is 1.72. The lowest BCUT2D eigenvalue weighted by Gasteiger charge is -2.32. The molecule has 2 amide bonds. The first-order valence-electron chi connectivity index (χ1n) is 10.2. The Morgan fingerprint density at radius 1 is 1.18 bits per heavy atom. The van der Waals surface area contributed by atoms with Crippen LogP contribution in [0, 0.1) is 0 Å². The van der Waals surface area contributed by atoms with Crippen molar-refractivity contribution in [2.45, 2.75) is 57.0 Å². The number of amides is 2. The van der Waals surface area contributed by atoms with E-state index in [1.54, 1.807) is 18.1 Å². The van der Waals surface area contributed by atoms with Gasteiger partial charge in [0.25, 0.3) is 0 Å². The molecule has 0 unspecified atom stereocenters. The summed E-state index contributed by atoms with van der Waals surface area (Å²) < 4.78 is 0. The number of hydrogen-bond acceptors (Lipinski definition) is 6. The number of aromatic nitrogens is 2. The fourth-order valence-corrected chi connectivity index (χ4v) is 4.48. The van der Waals surface area contributed by atoms with Crippen molar-refractivity contribution in [3.05, 3.63) is 6.20 Å². The Morgan fingerprint density at radius 3 is 2.57 bits per heavy atom. The highest BCUT2D eigenvalue weighted by molar-refractivity contribution is 5.97. The number of rotatable bonds is 3. The molecule has 2 N–H and O–H groups in total. The Bertz CT molecular complexity index is 743. The van der Waals surface area contributed by atoms with Crippen molar-refractivity contribution in [1.82, 2.24) is 14.9 Å². The standard InChI is InChI=1S/C19H28N6O3/c1-23-15-12-20-18(21-13-6-9-24(10-7-13)19(27)28)22-17(15)25(11-8-16(23)26)14-4-2-3-5-14/h12-14H,2-11H2,1H3,(H,27,28)(H,20,21,22). The van der Waals surface area contributed by atoms with Crippen LogP contribution in [-0.2, 0) is 4.79 Å². The monoisotopic (exact) mass is 388 g/mol. The van der Waals surface area contributed by atoms with Crippen LogP contribution in [0.2, 0.25) is 0 Å². The first kappa shape index (κ1) is 18.8. The van der Waals surface area contributed by atoms with Crippen LogP contribution in [-0.4, -0.2) is 70.7 Å². The summed E-state index contributed by atoms with van der Waals surface area (Å²) in [5, 5.41) is 12.5. The van der Waals surface area contributed by atoms with Gasteiger partial charge in [0.15, 0.2) is 5.82 Å². The van der Waals surface area contributed by atoms with E-state index in [1.807, 2.05) is 0 Å². The summed E-state index contributed by atoms with van der Waals surface area (Å²) in [5.41, 5.74) is 0.764. The molecule has 1 aliphatic carbocycles. The third-order valence-electron chi connectivity index (χ3n) is 6.19. The van der Waals surface area contributed by atoms with E-state index in [0.29, 0.717) is 38.0 Å².